The highest BCUT2D eigenvalue weighted by Gasteiger charge is 2.07. The van der Waals surface area contributed by atoms with Crippen molar-refractivity contribution >= 4 is 40.1 Å². The summed E-state index contributed by atoms with van der Waals surface area (Å²) in [6.07, 6.45) is 0.778. The van der Waals surface area contributed by atoms with Gasteiger partial charge in [0.05, 0.1) is 12.1 Å². The number of rotatable bonds is 5. The molecule has 5 heteroatoms. The number of ether oxygens (including phenoxy) is 1. The van der Waals surface area contributed by atoms with Crippen LogP contribution in [0.3, 0.4) is 0 Å². The van der Waals surface area contributed by atoms with E-state index in [0.717, 1.165) is 21.3 Å². The van der Waals surface area contributed by atoms with Gasteiger partial charge in [0.15, 0.2) is 0 Å². The Morgan fingerprint density at radius 1 is 1.24 bits per heavy atom. The zero-order valence-electron chi connectivity index (χ0n) is 11.5. The Hall–Kier alpha value is -1.27. The fourth-order valence-corrected chi connectivity index (χ4v) is 2.48. The third kappa shape index (κ3) is 4.61. The topological polar surface area (TPSA) is 38.3 Å². The van der Waals surface area contributed by atoms with Gasteiger partial charge in [-0.25, -0.2) is 0 Å². The maximum atomic E-state index is 12.0. The first-order chi connectivity index (χ1) is 10.1. The Bertz CT molecular complexity index is 629. The third-order valence-corrected chi connectivity index (χ3v) is 4.58. The van der Waals surface area contributed by atoms with Gasteiger partial charge in [0.25, 0.3) is 5.91 Å². The minimum absolute atomic E-state index is 0.0851. The maximum absolute atomic E-state index is 12.0. The summed E-state index contributed by atoms with van der Waals surface area (Å²) in [5.41, 5.74) is 1.78. The highest BCUT2D eigenvalue weighted by molar-refractivity contribution is 14.1. The van der Waals surface area contributed by atoms with Crippen molar-refractivity contribution in [2.75, 3.05) is 13.7 Å². The Kier molecular flexibility index (Phi) is 5.87. The molecule has 0 heterocycles. The van der Waals surface area contributed by atoms with Crippen LogP contribution in [0.5, 0.6) is 5.75 Å². The molecule has 0 saturated carbocycles. The van der Waals surface area contributed by atoms with E-state index < -0.39 is 0 Å². The normalized spacial score (nSPS) is 10.2. The van der Waals surface area contributed by atoms with E-state index in [1.54, 1.807) is 25.3 Å². The first kappa shape index (κ1) is 16.1. The molecule has 0 aliphatic heterocycles. The molecule has 21 heavy (non-hydrogen) atoms. The Labute approximate surface area is 142 Å². The molecule has 0 bridgehead atoms. The van der Waals surface area contributed by atoms with Gasteiger partial charge in [-0.1, -0.05) is 23.7 Å². The average Bonchev–Trinajstić information content (AvgIpc) is 2.50. The zero-order valence-corrected chi connectivity index (χ0v) is 14.4. The molecule has 3 nitrogen and oxygen atoms in total. The number of methoxy groups -OCH3 is 1. The number of carbonyl (C=O) groups is 1. The summed E-state index contributed by atoms with van der Waals surface area (Å²) < 4.78 is 5.98. The van der Waals surface area contributed by atoms with E-state index in [1.807, 2.05) is 24.3 Å². The molecule has 0 radical (unpaired) electrons. The van der Waals surface area contributed by atoms with E-state index >= 15 is 0 Å². The smallest absolute Gasteiger partial charge is 0.251 e. The van der Waals surface area contributed by atoms with Crippen LogP contribution in [-0.4, -0.2) is 19.6 Å². The molecule has 0 fully saturated rings. The fraction of sp³-hybridized carbons (Fsp3) is 0.188. The molecule has 0 saturated heterocycles. The van der Waals surface area contributed by atoms with E-state index in [2.05, 4.69) is 27.9 Å². The number of hydrogen-bond acceptors (Lipinski definition) is 2. The lowest BCUT2D eigenvalue weighted by molar-refractivity contribution is 0.0954. The van der Waals surface area contributed by atoms with Crippen LogP contribution in [0.25, 0.3) is 0 Å². The van der Waals surface area contributed by atoms with Crippen molar-refractivity contribution in [1.29, 1.82) is 0 Å². The number of carbonyl (C=O) groups excluding carboxylic acids is 1. The quantitative estimate of drug-likeness (QED) is 0.752. The average molecular weight is 416 g/mol. The summed E-state index contributed by atoms with van der Waals surface area (Å²) in [6, 6.07) is 13.1. The standard InChI is InChI=1S/C16H15ClINO2/c1-21-13-5-2-11(3-6-13)8-9-19-16(20)12-4-7-14(17)15(18)10-12/h2-7,10H,8-9H2,1H3,(H,19,20). The van der Waals surface area contributed by atoms with Crippen molar-refractivity contribution in [2.45, 2.75) is 6.42 Å². The van der Waals surface area contributed by atoms with Crippen LogP contribution in [0, 0.1) is 3.57 Å². The van der Waals surface area contributed by atoms with Gasteiger partial charge < -0.3 is 10.1 Å². The first-order valence-corrected chi connectivity index (χ1v) is 7.92. The summed E-state index contributed by atoms with van der Waals surface area (Å²) in [5.74, 6) is 0.747. The molecule has 0 unspecified atom stereocenters. The van der Waals surface area contributed by atoms with Gasteiger partial charge in [-0.2, -0.15) is 0 Å². The van der Waals surface area contributed by atoms with E-state index in [9.17, 15) is 4.79 Å². The van der Waals surface area contributed by atoms with Crippen LogP contribution < -0.4 is 10.1 Å². The predicted octanol–water partition coefficient (Wildman–Crippen LogP) is 3.93. The van der Waals surface area contributed by atoms with Crippen LogP contribution >= 0.6 is 34.2 Å². The van der Waals surface area contributed by atoms with E-state index in [1.165, 1.54) is 0 Å². The summed E-state index contributed by atoms with van der Waals surface area (Å²) in [4.78, 5) is 12.0. The van der Waals surface area contributed by atoms with Crippen LogP contribution in [0.1, 0.15) is 15.9 Å². The highest BCUT2D eigenvalue weighted by atomic mass is 127. The van der Waals surface area contributed by atoms with E-state index in [4.69, 9.17) is 16.3 Å². The molecular weight excluding hydrogens is 401 g/mol. The van der Waals surface area contributed by atoms with E-state index in [-0.39, 0.29) is 5.91 Å². The summed E-state index contributed by atoms with van der Waals surface area (Å²) in [7, 11) is 1.64. The van der Waals surface area contributed by atoms with Crippen LogP contribution in [0.15, 0.2) is 42.5 Å². The van der Waals surface area contributed by atoms with Gasteiger partial charge in [0, 0.05) is 15.7 Å². The van der Waals surface area contributed by atoms with Gasteiger partial charge in [-0.05, 0) is 64.9 Å². The summed E-state index contributed by atoms with van der Waals surface area (Å²) >= 11 is 8.06. The van der Waals surface area contributed by atoms with Crippen LogP contribution in [-0.2, 0) is 6.42 Å². The lowest BCUT2D eigenvalue weighted by Crippen LogP contribution is -2.25. The van der Waals surface area contributed by atoms with Crippen LogP contribution in [0.2, 0.25) is 5.02 Å². The third-order valence-electron chi connectivity index (χ3n) is 3.04. The monoisotopic (exact) mass is 415 g/mol. The highest BCUT2D eigenvalue weighted by Crippen LogP contribution is 2.19. The minimum atomic E-state index is -0.0851. The molecule has 0 atom stereocenters. The number of benzene rings is 2. The Morgan fingerprint density at radius 2 is 1.95 bits per heavy atom. The van der Waals surface area contributed by atoms with E-state index in [0.29, 0.717) is 17.1 Å². The SMILES string of the molecule is COc1ccc(CCNC(=O)c2ccc(Cl)c(I)c2)cc1. The van der Waals surface area contributed by atoms with Crippen molar-refractivity contribution in [3.05, 3.63) is 62.2 Å². The predicted molar refractivity (Wildman–Crippen MR) is 93.2 cm³/mol. The summed E-state index contributed by atoms with van der Waals surface area (Å²) in [6.45, 7) is 0.588. The molecule has 0 aromatic heterocycles. The van der Waals surface area contributed by atoms with Crippen molar-refractivity contribution in [3.8, 4) is 5.75 Å². The van der Waals surface area contributed by atoms with Crippen LogP contribution in [0.4, 0.5) is 0 Å². The molecule has 110 valence electrons. The zero-order chi connectivity index (χ0) is 15.2. The van der Waals surface area contributed by atoms with Gasteiger partial charge in [0.1, 0.15) is 5.75 Å². The molecule has 0 spiro atoms. The maximum Gasteiger partial charge on any atom is 0.251 e. The Balaban J connectivity index is 1.87. The number of nitrogens with one attached hydrogen (secondary N) is 1. The van der Waals surface area contributed by atoms with Gasteiger partial charge in [0.2, 0.25) is 0 Å². The molecule has 2 aromatic carbocycles. The second-order valence-electron chi connectivity index (χ2n) is 4.48. The van der Waals surface area contributed by atoms with Crippen molar-refractivity contribution in [1.82, 2.24) is 5.32 Å². The molecule has 0 aliphatic rings. The van der Waals surface area contributed by atoms with Crippen molar-refractivity contribution in [3.63, 3.8) is 0 Å². The largest absolute Gasteiger partial charge is 0.497 e. The number of halogens is 2. The molecular formula is C16H15ClINO2. The summed E-state index contributed by atoms with van der Waals surface area (Å²) in [5, 5.41) is 3.56. The fourth-order valence-electron chi connectivity index (χ4n) is 1.85. The number of amides is 1. The molecule has 2 aromatic rings. The molecule has 1 N–H and O–H groups in total. The van der Waals surface area contributed by atoms with Crippen molar-refractivity contribution < 1.29 is 9.53 Å². The van der Waals surface area contributed by atoms with Gasteiger partial charge >= 0.3 is 0 Å². The molecule has 0 aliphatic carbocycles. The second kappa shape index (κ2) is 7.66. The lowest BCUT2D eigenvalue weighted by atomic mass is 10.1. The van der Waals surface area contributed by atoms with Gasteiger partial charge in [-0.3, -0.25) is 4.79 Å². The minimum Gasteiger partial charge on any atom is -0.497 e. The molecule has 2 rings (SSSR count). The lowest BCUT2D eigenvalue weighted by Gasteiger charge is -2.07. The van der Waals surface area contributed by atoms with Crippen molar-refractivity contribution in [2.24, 2.45) is 0 Å². The second-order valence-corrected chi connectivity index (χ2v) is 6.05. The molecule has 1 amide bonds. The Morgan fingerprint density at radius 3 is 2.57 bits per heavy atom. The number of hydrogen-bond donors (Lipinski definition) is 1. The first-order valence-electron chi connectivity index (χ1n) is 6.46. The van der Waals surface area contributed by atoms with Gasteiger partial charge in [-0.15, -0.1) is 0 Å².